The molecule has 0 aliphatic heterocycles. The van der Waals surface area contributed by atoms with Crippen LogP contribution in [0.25, 0.3) is 0 Å². The summed E-state index contributed by atoms with van der Waals surface area (Å²) in [6, 6.07) is 0. The first-order valence-corrected chi connectivity index (χ1v) is 4.42. The molecule has 0 unspecified atom stereocenters. The third-order valence-electron chi connectivity index (χ3n) is 1.78. The van der Waals surface area contributed by atoms with Crippen molar-refractivity contribution in [3.63, 3.8) is 0 Å². The molecular weight excluding hydrogens is 190 g/mol. The molecule has 0 atom stereocenters. The van der Waals surface area contributed by atoms with E-state index in [0.717, 1.165) is 0 Å². The van der Waals surface area contributed by atoms with E-state index < -0.39 is 0 Å². The highest BCUT2D eigenvalue weighted by Gasteiger charge is 2.26. The van der Waals surface area contributed by atoms with Crippen LogP contribution in [-0.2, 0) is 0 Å². The van der Waals surface area contributed by atoms with Crippen LogP contribution in [0.4, 0.5) is 0 Å². The summed E-state index contributed by atoms with van der Waals surface area (Å²) in [5.41, 5.74) is -0.378. The van der Waals surface area contributed by atoms with Crippen molar-refractivity contribution in [3.8, 4) is 0 Å². The van der Waals surface area contributed by atoms with Crippen LogP contribution in [0.2, 0.25) is 0 Å². The predicted octanol–water partition coefficient (Wildman–Crippen LogP) is 1.78. The number of aromatic nitrogens is 2. The van der Waals surface area contributed by atoms with Crippen molar-refractivity contribution in [2.24, 2.45) is 10.6 Å². The van der Waals surface area contributed by atoms with E-state index >= 15 is 0 Å². The largest absolute Gasteiger partial charge is 0.409 e. The maximum absolute atomic E-state index is 8.85. The van der Waals surface area contributed by atoms with Gasteiger partial charge < -0.3 is 5.21 Å². The minimum absolute atomic E-state index is 0.378. The summed E-state index contributed by atoms with van der Waals surface area (Å²) in [6.07, 6.45) is 4.90. The number of alkyl halides is 1. The van der Waals surface area contributed by atoms with E-state index in [-0.39, 0.29) is 5.41 Å². The summed E-state index contributed by atoms with van der Waals surface area (Å²) in [5, 5.41) is 12.1. The fourth-order valence-corrected chi connectivity index (χ4v) is 1.10. The summed E-state index contributed by atoms with van der Waals surface area (Å²) < 4.78 is 1.64. The molecule has 13 heavy (non-hydrogen) atoms. The lowest BCUT2D eigenvalue weighted by Gasteiger charge is -2.22. The van der Waals surface area contributed by atoms with Crippen molar-refractivity contribution in [1.82, 2.24) is 9.55 Å². The van der Waals surface area contributed by atoms with Gasteiger partial charge in [0.1, 0.15) is 6.33 Å². The van der Waals surface area contributed by atoms with Gasteiger partial charge in [-0.3, -0.25) is 4.57 Å². The molecule has 0 aliphatic carbocycles. The fourth-order valence-electron chi connectivity index (χ4n) is 0.981. The first kappa shape index (κ1) is 10.1. The second kappa shape index (κ2) is 3.79. The van der Waals surface area contributed by atoms with Crippen LogP contribution in [0.5, 0.6) is 0 Å². The lowest BCUT2D eigenvalue weighted by atomic mass is 9.94. The molecule has 0 aromatic carbocycles. The lowest BCUT2D eigenvalue weighted by molar-refractivity contribution is 0.308. The van der Waals surface area contributed by atoms with Crippen LogP contribution in [0.1, 0.15) is 13.8 Å². The van der Waals surface area contributed by atoms with E-state index in [2.05, 4.69) is 10.1 Å². The van der Waals surface area contributed by atoms with Gasteiger partial charge in [-0.2, -0.15) is 0 Å². The van der Waals surface area contributed by atoms with Gasteiger partial charge in [-0.1, -0.05) is 19.0 Å². The molecule has 0 fully saturated rings. The highest BCUT2D eigenvalue weighted by molar-refractivity contribution is 6.20. The van der Waals surface area contributed by atoms with Crippen molar-refractivity contribution < 1.29 is 5.21 Å². The third kappa shape index (κ3) is 2.01. The number of imidazole rings is 1. The average molecular weight is 202 g/mol. The number of hydrogen-bond donors (Lipinski definition) is 1. The molecule has 0 spiro atoms. The minimum atomic E-state index is -0.378. The van der Waals surface area contributed by atoms with Gasteiger partial charge in [0.15, 0.2) is 5.84 Å². The summed E-state index contributed by atoms with van der Waals surface area (Å²) >= 11 is 5.76. The summed E-state index contributed by atoms with van der Waals surface area (Å²) in [5.74, 6) is 0.866. The predicted molar refractivity (Wildman–Crippen MR) is 51.3 cm³/mol. The van der Waals surface area contributed by atoms with E-state index in [0.29, 0.717) is 11.7 Å². The number of nitrogens with zero attached hydrogens (tertiary/aromatic N) is 3. The van der Waals surface area contributed by atoms with Gasteiger partial charge in [0, 0.05) is 23.7 Å². The van der Waals surface area contributed by atoms with E-state index in [9.17, 15) is 0 Å². The van der Waals surface area contributed by atoms with Crippen molar-refractivity contribution in [2.45, 2.75) is 13.8 Å². The normalized spacial score (nSPS) is 13.3. The van der Waals surface area contributed by atoms with Crippen LogP contribution >= 0.6 is 11.6 Å². The second-order valence-corrected chi connectivity index (χ2v) is 3.68. The van der Waals surface area contributed by atoms with Crippen LogP contribution < -0.4 is 0 Å². The molecule has 72 valence electrons. The summed E-state index contributed by atoms with van der Waals surface area (Å²) in [4.78, 5) is 3.87. The lowest BCUT2D eigenvalue weighted by Crippen LogP contribution is -2.31. The average Bonchev–Trinajstić information content (AvgIpc) is 2.58. The molecule has 0 saturated heterocycles. The van der Waals surface area contributed by atoms with Crippen LogP contribution in [-0.4, -0.2) is 26.5 Å². The van der Waals surface area contributed by atoms with Crippen LogP contribution in [0.15, 0.2) is 23.9 Å². The molecule has 4 nitrogen and oxygen atoms in total. The molecule has 1 aromatic rings. The van der Waals surface area contributed by atoms with E-state index in [1.165, 1.54) is 0 Å². The zero-order chi connectivity index (χ0) is 9.90. The molecular formula is C8H12ClN3O. The van der Waals surface area contributed by atoms with E-state index in [4.69, 9.17) is 16.8 Å². The van der Waals surface area contributed by atoms with Gasteiger partial charge in [0.05, 0.1) is 0 Å². The number of oxime groups is 1. The molecule has 0 saturated carbocycles. The Bertz CT molecular complexity index is 292. The van der Waals surface area contributed by atoms with Crippen molar-refractivity contribution >= 4 is 17.4 Å². The van der Waals surface area contributed by atoms with Crippen LogP contribution in [0, 0.1) is 5.41 Å². The highest BCUT2D eigenvalue weighted by Crippen LogP contribution is 2.20. The van der Waals surface area contributed by atoms with Crippen molar-refractivity contribution in [1.29, 1.82) is 0 Å². The first-order chi connectivity index (χ1) is 6.11. The summed E-state index contributed by atoms with van der Waals surface area (Å²) in [6.45, 7) is 3.80. The zero-order valence-corrected chi connectivity index (χ0v) is 8.36. The molecule has 1 heterocycles. The maximum atomic E-state index is 8.85. The molecule has 0 amide bonds. The Morgan fingerprint density at radius 3 is 2.77 bits per heavy atom. The quantitative estimate of drug-likeness (QED) is 0.261. The molecule has 1 aromatic heterocycles. The van der Waals surface area contributed by atoms with Crippen molar-refractivity contribution in [2.75, 3.05) is 5.88 Å². The topological polar surface area (TPSA) is 50.4 Å². The van der Waals surface area contributed by atoms with Gasteiger partial charge >= 0.3 is 0 Å². The Hall–Kier alpha value is -1.03. The standard InChI is InChI=1S/C8H12ClN3O/c1-8(2,5-9)7(11-13)12-4-3-10-6-12/h3-4,6,13H,5H2,1-2H3. The number of halogens is 1. The molecule has 0 bridgehead atoms. The molecule has 1 N–H and O–H groups in total. The molecule has 0 radical (unpaired) electrons. The Morgan fingerprint density at radius 2 is 2.38 bits per heavy atom. The van der Waals surface area contributed by atoms with Crippen molar-refractivity contribution in [3.05, 3.63) is 18.7 Å². The Balaban J connectivity index is 3.01. The van der Waals surface area contributed by atoms with Crippen LogP contribution in [0.3, 0.4) is 0 Å². The zero-order valence-electron chi connectivity index (χ0n) is 7.61. The summed E-state index contributed by atoms with van der Waals surface area (Å²) in [7, 11) is 0. The minimum Gasteiger partial charge on any atom is -0.409 e. The second-order valence-electron chi connectivity index (χ2n) is 3.41. The third-order valence-corrected chi connectivity index (χ3v) is 2.45. The smallest absolute Gasteiger partial charge is 0.160 e. The fraction of sp³-hybridized carbons (Fsp3) is 0.500. The maximum Gasteiger partial charge on any atom is 0.160 e. The van der Waals surface area contributed by atoms with E-state index in [1.807, 2.05) is 13.8 Å². The number of rotatable bonds is 2. The monoisotopic (exact) mass is 201 g/mol. The van der Waals surface area contributed by atoms with Gasteiger partial charge in [-0.25, -0.2) is 4.98 Å². The SMILES string of the molecule is CC(C)(CCl)C(=NO)n1ccnc1. The molecule has 0 aliphatic rings. The highest BCUT2D eigenvalue weighted by atomic mass is 35.5. The molecule has 1 rings (SSSR count). The first-order valence-electron chi connectivity index (χ1n) is 3.88. The van der Waals surface area contributed by atoms with Gasteiger partial charge in [0.2, 0.25) is 0 Å². The van der Waals surface area contributed by atoms with Gasteiger partial charge in [-0.05, 0) is 0 Å². The number of hydrogen-bond acceptors (Lipinski definition) is 3. The molecule has 5 heteroatoms. The van der Waals surface area contributed by atoms with Gasteiger partial charge in [0.25, 0.3) is 0 Å². The Labute approximate surface area is 81.8 Å². The Morgan fingerprint density at radius 1 is 1.69 bits per heavy atom. The van der Waals surface area contributed by atoms with Gasteiger partial charge in [-0.15, -0.1) is 11.6 Å². The Kier molecular flexibility index (Phi) is 2.93. The van der Waals surface area contributed by atoms with E-state index in [1.54, 1.807) is 23.3 Å².